The van der Waals surface area contributed by atoms with Crippen molar-refractivity contribution in [3.05, 3.63) is 60.2 Å². The Balaban J connectivity index is 1.69. The maximum Gasteiger partial charge on any atom is 0.116 e. The molecule has 0 spiro atoms. The van der Waals surface area contributed by atoms with Gasteiger partial charge in [-0.25, -0.2) is 0 Å². The lowest BCUT2D eigenvalue weighted by atomic mass is 10.1. The number of anilines is 7. The van der Waals surface area contributed by atoms with Crippen LogP contribution in [0, 0.1) is 0 Å². The Bertz CT molecular complexity index is 953. The number of hydrogen-bond acceptors (Lipinski definition) is 6. The normalized spacial score (nSPS) is 12.6. The van der Waals surface area contributed by atoms with Crippen molar-refractivity contribution in [2.75, 3.05) is 34.0 Å². The SMILES string of the molecule is Nc1ccc(Nc2cc3c(cc2N)NCCc2cc(O)ccc2N3)cc1. The van der Waals surface area contributed by atoms with E-state index in [1.807, 2.05) is 42.5 Å². The van der Waals surface area contributed by atoms with Crippen molar-refractivity contribution in [3.63, 3.8) is 0 Å². The number of nitrogen functional groups attached to an aromatic ring is 2. The van der Waals surface area contributed by atoms with Crippen LogP contribution in [0.25, 0.3) is 0 Å². The summed E-state index contributed by atoms with van der Waals surface area (Å²) in [6, 6.07) is 16.8. The van der Waals surface area contributed by atoms with E-state index in [-0.39, 0.29) is 5.75 Å². The zero-order valence-electron chi connectivity index (χ0n) is 14.2. The van der Waals surface area contributed by atoms with E-state index in [1.165, 1.54) is 0 Å². The van der Waals surface area contributed by atoms with Crippen LogP contribution in [0.15, 0.2) is 54.6 Å². The summed E-state index contributed by atoms with van der Waals surface area (Å²) in [4.78, 5) is 0. The van der Waals surface area contributed by atoms with Crippen LogP contribution in [0.1, 0.15) is 5.56 Å². The number of nitrogens with one attached hydrogen (secondary N) is 3. The summed E-state index contributed by atoms with van der Waals surface area (Å²) in [6.45, 7) is 0.759. The molecule has 0 radical (unpaired) electrons. The average Bonchev–Trinajstić information content (AvgIpc) is 2.61. The lowest BCUT2D eigenvalue weighted by molar-refractivity contribution is 0.474. The van der Waals surface area contributed by atoms with Gasteiger partial charge >= 0.3 is 0 Å². The molecular weight excluding hydrogens is 326 g/mol. The van der Waals surface area contributed by atoms with E-state index in [0.29, 0.717) is 11.4 Å². The predicted molar refractivity (Wildman–Crippen MR) is 109 cm³/mol. The third kappa shape index (κ3) is 3.17. The Morgan fingerprint density at radius 1 is 0.885 bits per heavy atom. The van der Waals surface area contributed by atoms with Crippen LogP contribution < -0.4 is 27.4 Å². The number of rotatable bonds is 2. The number of nitrogens with two attached hydrogens (primary N) is 2. The van der Waals surface area contributed by atoms with Crippen LogP contribution in [-0.2, 0) is 6.42 Å². The van der Waals surface area contributed by atoms with E-state index in [9.17, 15) is 5.11 Å². The Labute approximate surface area is 151 Å². The predicted octanol–water partition coefficient (Wildman–Crippen LogP) is 4.01. The largest absolute Gasteiger partial charge is 0.508 e. The molecule has 1 aliphatic rings. The molecule has 0 aliphatic carbocycles. The number of phenolic OH excluding ortho intramolecular Hbond substituents is 1. The van der Waals surface area contributed by atoms with Gasteiger partial charge in [0.15, 0.2) is 0 Å². The highest BCUT2D eigenvalue weighted by atomic mass is 16.3. The molecule has 0 saturated carbocycles. The maximum atomic E-state index is 9.73. The number of fused-ring (bicyclic) bond motifs is 2. The summed E-state index contributed by atoms with van der Waals surface area (Å²) in [6.07, 6.45) is 0.807. The standard InChI is InChI=1S/C20H21N5O/c21-13-1-3-14(4-2-13)24-18-11-20-19(10-16(18)22)23-8-7-12-9-15(26)5-6-17(12)25-20/h1-6,9-11,23-26H,7-8,21-22H2. The zero-order valence-corrected chi connectivity index (χ0v) is 14.2. The van der Waals surface area contributed by atoms with Gasteiger partial charge in [-0.05, 0) is 66.6 Å². The van der Waals surface area contributed by atoms with Gasteiger partial charge in [0, 0.05) is 23.6 Å². The molecule has 8 N–H and O–H groups in total. The molecule has 0 amide bonds. The van der Waals surface area contributed by atoms with Crippen molar-refractivity contribution in [2.24, 2.45) is 0 Å². The fraction of sp³-hybridized carbons (Fsp3) is 0.100. The molecule has 1 heterocycles. The van der Waals surface area contributed by atoms with Crippen molar-refractivity contribution < 1.29 is 5.11 Å². The maximum absolute atomic E-state index is 9.73. The first-order chi connectivity index (χ1) is 12.6. The van der Waals surface area contributed by atoms with Gasteiger partial charge in [0.1, 0.15) is 5.75 Å². The highest BCUT2D eigenvalue weighted by Gasteiger charge is 2.14. The van der Waals surface area contributed by atoms with Gasteiger partial charge in [-0.15, -0.1) is 0 Å². The van der Waals surface area contributed by atoms with Crippen LogP contribution >= 0.6 is 0 Å². The lowest BCUT2D eigenvalue weighted by Gasteiger charge is -2.22. The highest BCUT2D eigenvalue weighted by Crippen LogP contribution is 2.37. The Morgan fingerprint density at radius 3 is 2.50 bits per heavy atom. The van der Waals surface area contributed by atoms with Crippen molar-refractivity contribution in [3.8, 4) is 5.75 Å². The van der Waals surface area contributed by atoms with Crippen molar-refractivity contribution >= 4 is 39.8 Å². The second-order valence-corrected chi connectivity index (χ2v) is 6.38. The van der Waals surface area contributed by atoms with Crippen molar-refractivity contribution in [2.45, 2.75) is 6.42 Å². The molecule has 6 nitrogen and oxygen atoms in total. The molecule has 0 bridgehead atoms. The minimum Gasteiger partial charge on any atom is -0.508 e. The van der Waals surface area contributed by atoms with Crippen LogP contribution in [-0.4, -0.2) is 11.7 Å². The van der Waals surface area contributed by atoms with E-state index in [0.717, 1.165) is 47.0 Å². The summed E-state index contributed by atoms with van der Waals surface area (Å²) >= 11 is 0. The van der Waals surface area contributed by atoms with Crippen molar-refractivity contribution in [1.82, 2.24) is 0 Å². The minimum absolute atomic E-state index is 0.273. The highest BCUT2D eigenvalue weighted by molar-refractivity contribution is 5.87. The molecule has 132 valence electrons. The van der Waals surface area contributed by atoms with E-state index < -0.39 is 0 Å². The van der Waals surface area contributed by atoms with Crippen LogP contribution in [0.5, 0.6) is 5.75 Å². The molecule has 0 fully saturated rings. The number of hydrogen-bond donors (Lipinski definition) is 6. The van der Waals surface area contributed by atoms with Gasteiger partial charge in [-0.1, -0.05) is 0 Å². The molecule has 3 aromatic rings. The zero-order chi connectivity index (χ0) is 18.1. The lowest BCUT2D eigenvalue weighted by Crippen LogP contribution is -2.12. The summed E-state index contributed by atoms with van der Waals surface area (Å²) < 4.78 is 0. The van der Waals surface area contributed by atoms with Crippen LogP contribution in [0.4, 0.5) is 39.8 Å². The van der Waals surface area contributed by atoms with Crippen LogP contribution in [0.3, 0.4) is 0 Å². The molecular formula is C20H21N5O. The first-order valence-electron chi connectivity index (χ1n) is 8.47. The molecule has 0 saturated heterocycles. The Hall–Kier alpha value is -3.54. The smallest absolute Gasteiger partial charge is 0.116 e. The molecule has 4 rings (SSSR count). The van der Waals surface area contributed by atoms with Gasteiger partial charge in [0.25, 0.3) is 0 Å². The second kappa shape index (κ2) is 6.40. The summed E-state index contributed by atoms with van der Waals surface area (Å²) in [5, 5.41) is 19.9. The van der Waals surface area contributed by atoms with Crippen LogP contribution in [0.2, 0.25) is 0 Å². The minimum atomic E-state index is 0.273. The molecule has 1 aliphatic heterocycles. The van der Waals surface area contributed by atoms with Gasteiger partial charge < -0.3 is 32.5 Å². The fourth-order valence-corrected chi connectivity index (χ4v) is 3.08. The third-order valence-corrected chi connectivity index (χ3v) is 4.45. The average molecular weight is 347 g/mol. The van der Waals surface area contributed by atoms with E-state index in [1.54, 1.807) is 12.1 Å². The van der Waals surface area contributed by atoms with E-state index in [4.69, 9.17) is 11.5 Å². The third-order valence-electron chi connectivity index (χ3n) is 4.45. The first kappa shape index (κ1) is 16.0. The summed E-state index contributed by atoms with van der Waals surface area (Å²) in [5.41, 5.74) is 19.0. The number of phenols is 1. The Morgan fingerprint density at radius 2 is 1.69 bits per heavy atom. The number of aromatic hydroxyl groups is 1. The quantitative estimate of drug-likeness (QED) is 0.309. The molecule has 3 aromatic carbocycles. The van der Waals surface area contributed by atoms with Gasteiger partial charge in [0.05, 0.1) is 22.7 Å². The number of benzene rings is 3. The van der Waals surface area contributed by atoms with Gasteiger partial charge in [-0.3, -0.25) is 0 Å². The van der Waals surface area contributed by atoms with E-state index >= 15 is 0 Å². The molecule has 0 aromatic heterocycles. The molecule has 0 atom stereocenters. The van der Waals surface area contributed by atoms with Crippen molar-refractivity contribution in [1.29, 1.82) is 0 Å². The van der Waals surface area contributed by atoms with Gasteiger partial charge in [-0.2, -0.15) is 0 Å². The first-order valence-corrected chi connectivity index (χ1v) is 8.47. The second-order valence-electron chi connectivity index (χ2n) is 6.38. The molecule has 6 heteroatoms. The molecule has 0 unspecified atom stereocenters. The fourth-order valence-electron chi connectivity index (χ4n) is 3.08. The topological polar surface area (TPSA) is 108 Å². The monoisotopic (exact) mass is 347 g/mol. The summed E-state index contributed by atoms with van der Waals surface area (Å²) in [5.74, 6) is 0.273. The molecule has 26 heavy (non-hydrogen) atoms. The van der Waals surface area contributed by atoms with Gasteiger partial charge in [0.2, 0.25) is 0 Å². The summed E-state index contributed by atoms with van der Waals surface area (Å²) in [7, 11) is 0. The van der Waals surface area contributed by atoms with E-state index in [2.05, 4.69) is 16.0 Å². The Kier molecular flexibility index (Phi) is 3.93.